The number of nitrogens with one attached hydrogen (secondary N) is 1. The highest BCUT2D eigenvalue weighted by molar-refractivity contribution is 6.30. The van der Waals surface area contributed by atoms with E-state index in [4.69, 9.17) is 16.3 Å². The number of hydrogen-bond donors (Lipinski definition) is 1. The van der Waals surface area contributed by atoms with Crippen molar-refractivity contribution in [2.24, 2.45) is 0 Å². The molecule has 0 aliphatic rings. The zero-order chi connectivity index (χ0) is 21.6. The van der Waals surface area contributed by atoms with Crippen LogP contribution in [0, 0.1) is 6.92 Å². The van der Waals surface area contributed by atoms with E-state index >= 15 is 0 Å². The molecule has 0 fully saturated rings. The maximum atomic E-state index is 13.0. The molecule has 1 unspecified atom stereocenters. The average molecular weight is 417 g/mol. The Morgan fingerprint density at radius 2 is 1.83 bits per heavy atom. The first kappa shape index (κ1) is 22.8. The summed E-state index contributed by atoms with van der Waals surface area (Å²) in [5, 5.41) is 3.47. The lowest BCUT2D eigenvalue weighted by Crippen LogP contribution is -2.53. The van der Waals surface area contributed by atoms with Crippen LogP contribution in [-0.2, 0) is 16.1 Å². The van der Waals surface area contributed by atoms with Crippen molar-refractivity contribution in [3.05, 3.63) is 64.7 Å². The maximum Gasteiger partial charge on any atom is 0.261 e. The molecular formula is C23H29ClN2O3. The van der Waals surface area contributed by atoms with Crippen LogP contribution in [0.1, 0.15) is 38.8 Å². The fourth-order valence-corrected chi connectivity index (χ4v) is 3.03. The number of carbonyl (C=O) groups excluding carboxylic acids is 2. The Balaban J connectivity index is 2.18. The quantitative estimate of drug-likeness (QED) is 0.729. The normalized spacial score (nSPS) is 12.2. The van der Waals surface area contributed by atoms with Gasteiger partial charge in [-0.1, -0.05) is 47.5 Å². The van der Waals surface area contributed by atoms with Gasteiger partial charge >= 0.3 is 0 Å². The molecule has 2 amide bonds. The highest BCUT2D eigenvalue weighted by atomic mass is 35.5. The molecule has 2 aromatic carbocycles. The second-order valence-electron chi connectivity index (χ2n) is 8.17. The Morgan fingerprint density at radius 1 is 1.14 bits per heavy atom. The molecule has 2 rings (SSSR count). The van der Waals surface area contributed by atoms with E-state index in [1.54, 1.807) is 36.1 Å². The second kappa shape index (κ2) is 9.79. The number of ether oxygens (including phenoxy) is 1. The fraction of sp³-hybridized carbons (Fsp3) is 0.391. The van der Waals surface area contributed by atoms with E-state index in [0.717, 1.165) is 11.1 Å². The molecule has 0 saturated carbocycles. The topological polar surface area (TPSA) is 58.6 Å². The van der Waals surface area contributed by atoms with E-state index in [1.807, 2.05) is 52.0 Å². The van der Waals surface area contributed by atoms with Crippen molar-refractivity contribution in [3.63, 3.8) is 0 Å². The molecule has 0 aromatic heterocycles. The van der Waals surface area contributed by atoms with E-state index in [0.29, 0.717) is 17.3 Å². The maximum absolute atomic E-state index is 13.0. The second-order valence-corrected chi connectivity index (χ2v) is 8.61. The first-order valence-electron chi connectivity index (χ1n) is 9.60. The van der Waals surface area contributed by atoms with Crippen LogP contribution in [-0.4, -0.2) is 34.9 Å². The molecule has 2 aromatic rings. The SMILES string of the molecule is Cc1cccc(CN(C(=O)COc2cccc(Cl)c2)C(C)C(=O)NC(C)(C)C)c1. The summed E-state index contributed by atoms with van der Waals surface area (Å²) in [4.78, 5) is 27.2. The standard InChI is InChI=1S/C23H29ClN2O3/c1-16-8-6-9-18(12-16)14-26(17(2)22(28)25-23(3,4)5)21(27)15-29-20-11-7-10-19(24)13-20/h6-13,17H,14-15H2,1-5H3,(H,25,28). The van der Waals surface area contributed by atoms with Gasteiger partial charge in [0.2, 0.25) is 5.91 Å². The predicted molar refractivity (Wildman–Crippen MR) is 116 cm³/mol. The zero-order valence-corrected chi connectivity index (χ0v) is 18.4. The minimum atomic E-state index is -0.648. The summed E-state index contributed by atoms with van der Waals surface area (Å²) in [6.07, 6.45) is 0. The van der Waals surface area contributed by atoms with Crippen LogP contribution in [0.5, 0.6) is 5.75 Å². The van der Waals surface area contributed by atoms with Gasteiger partial charge in [-0.25, -0.2) is 0 Å². The fourth-order valence-electron chi connectivity index (χ4n) is 2.85. The first-order valence-corrected chi connectivity index (χ1v) is 9.98. The predicted octanol–water partition coefficient (Wildman–Crippen LogP) is 4.36. The van der Waals surface area contributed by atoms with Gasteiger partial charge in [-0.05, 0) is 58.4 Å². The van der Waals surface area contributed by atoms with Gasteiger partial charge in [-0.15, -0.1) is 0 Å². The Bertz CT molecular complexity index is 861. The Hall–Kier alpha value is -2.53. The molecule has 1 N–H and O–H groups in total. The van der Waals surface area contributed by atoms with Gasteiger partial charge in [-0.3, -0.25) is 9.59 Å². The van der Waals surface area contributed by atoms with Gasteiger partial charge in [0.15, 0.2) is 6.61 Å². The summed E-state index contributed by atoms with van der Waals surface area (Å²) in [6.45, 7) is 9.59. The summed E-state index contributed by atoms with van der Waals surface area (Å²) in [6, 6.07) is 14.1. The summed E-state index contributed by atoms with van der Waals surface area (Å²) in [7, 11) is 0. The number of rotatable bonds is 7. The third kappa shape index (κ3) is 7.42. The Morgan fingerprint density at radius 3 is 2.45 bits per heavy atom. The van der Waals surface area contributed by atoms with Gasteiger partial charge in [0.05, 0.1) is 0 Å². The summed E-state index contributed by atoms with van der Waals surface area (Å²) in [5.41, 5.74) is 1.66. The van der Waals surface area contributed by atoms with Crippen LogP contribution < -0.4 is 10.1 Å². The number of halogens is 1. The monoisotopic (exact) mass is 416 g/mol. The number of amides is 2. The van der Waals surface area contributed by atoms with Crippen molar-refractivity contribution >= 4 is 23.4 Å². The lowest BCUT2D eigenvalue weighted by Gasteiger charge is -2.31. The third-order valence-electron chi connectivity index (χ3n) is 4.26. The number of hydrogen-bond acceptors (Lipinski definition) is 3. The van der Waals surface area contributed by atoms with E-state index in [9.17, 15) is 9.59 Å². The smallest absolute Gasteiger partial charge is 0.261 e. The molecular weight excluding hydrogens is 388 g/mol. The molecule has 5 nitrogen and oxygen atoms in total. The van der Waals surface area contributed by atoms with Crippen molar-refractivity contribution < 1.29 is 14.3 Å². The van der Waals surface area contributed by atoms with Crippen molar-refractivity contribution in [3.8, 4) is 5.75 Å². The largest absolute Gasteiger partial charge is 0.484 e. The van der Waals surface area contributed by atoms with Gasteiger partial charge in [0.25, 0.3) is 5.91 Å². The van der Waals surface area contributed by atoms with Crippen molar-refractivity contribution in [1.29, 1.82) is 0 Å². The minimum absolute atomic E-state index is 0.181. The lowest BCUT2D eigenvalue weighted by atomic mass is 10.1. The molecule has 0 heterocycles. The van der Waals surface area contributed by atoms with E-state index < -0.39 is 6.04 Å². The number of carbonyl (C=O) groups is 2. The summed E-state index contributed by atoms with van der Waals surface area (Å²) >= 11 is 5.97. The van der Waals surface area contributed by atoms with Crippen molar-refractivity contribution in [1.82, 2.24) is 10.2 Å². The van der Waals surface area contributed by atoms with Gasteiger partial charge in [-0.2, -0.15) is 0 Å². The van der Waals surface area contributed by atoms with E-state index in [1.165, 1.54) is 0 Å². The highest BCUT2D eigenvalue weighted by Gasteiger charge is 2.28. The van der Waals surface area contributed by atoms with Crippen LogP contribution in [0.2, 0.25) is 5.02 Å². The number of nitrogens with zero attached hydrogens (tertiary/aromatic N) is 1. The highest BCUT2D eigenvalue weighted by Crippen LogP contribution is 2.18. The Kier molecular flexibility index (Phi) is 7.68. The molecule has 1 atom stereocenters. The van der Waals surface area contributed by atoms with Crippen LogP contribution in [0.4, 0.5) is 0 Å². The lowest BCUT2D eigenvalue weighted by molar-refractivity contribution is -0.142. The van der Waals surface area contributed by atoms with Crippen LogP contribution in [0.3, 0.4) is 0 Å². The van der Waals surface area contributed by atoms with E-state index in [-0.39, 0.29) is 24.0 Å². The summed E-state index contributed by atoms with van der Waals surface area (Å²) < 4.78 is 5.61. The molecule has 0 saturated heterocycles. The van der Waals surface area contributed by atoms with Crippen LogP contribution >= 0.6 is 11.6 Å². The van der Waals surface area contributed by atoms with Crippen LogP contribution in [0.25, 0.3) is 0 Å². The first-order chi connectivity index (χ1) is 13.5. The summed E-state index contributed by atoms with van der Waals surface area (Å²) in [5.74, 6) is 0.0254. The molecule has 0 radical (unpaired) electrons. The Labute approximate surface area is 178 Å². The molecule has 0 aliphatic carbocycles. The number of aryl methyl sites for hydroxylation is 1. The van der Waals surface area contributed by atoms with Gasteiger partial charge < -0.3 is 15.0 Å². The van der Waals surface area contributed by atoms with Crippen molar-refractivity contribution in [2.45, 2.75) is 52.7 Å². The van der Waals surface area contributed by atoms with Gasteiger partial charge in [0.1, 0.15) is 11.8 Å². The molecule has 0 bridgehead atoms. The molecule has 0 aliphatic heterocycles. The molecule has 0 spiro atoms. The van der Waals surface area contributed by atoms with Crippen LogP contribution in [0.15, 0.2) is 48.5 Å². The average Bonchev–Trinajstić information content (AvgIpc) is 2.62. The number of benzene rings is 2. The molecule has 29 heavy (non-hydrogen) atoms. The van der Waals surface area contributed by atoms with Crippen molar-refractivity contribution in [2.75, 3.05) is 6.61 Å². The molecule has 156 valence electrons. The van der Waals surface area contributed by atoms with Gasteiger partial charge in [0, 0.05) is 17.1 Å². The van der Waals surface area contributed by atoms with E-state index in [2.05, 4.69) is 5.32 Å². The minimum Gasteiger partial charge on any atom is -0.484 e. The molecule has 6 heteroatoms. The zero-order valence-electron chi connectivity index (χ0n) is 17.7. The third-order valence-corrected chi connectivity index (χ3v) is 4.49.